The lowest BCUT2D eigenvalue weighted by Crippen LogP contribution is -2.38. The highest BCUT2D eigenvalue weighted by Crippen LogP contribution is 2.44. The minimum Gasteiger partial charge on any atom is -0.487 e. The van der Waals surface area contributed by atoms with Gasteiger partial charge in [-0.25, -0.2) is 9.59 Å². The fourth-order valence-corrected chi connectivity index (χ4v) is 4.57. The number of hydrogen-bond donors (Lipinski definition) is 3. The number of esters is 2. The van der Waals surface area contributed by atoms with E-state index in [-0.39, 0.29) is 55.1 Å². The number of benzene rings is 2. The van der Waals surface area contributed by atoms with Crippen molar-refractivity contribution in [3.05, 3.63) is 86.7 Å². The quantitative estimate of drug-likeness (QED) is 0.109. The summed E-state index contributed by atoms with van der Waals surface area (Å²) in [4.78, 5) is 37.1. The maximum Gasteiger partial charge on any atom is 0.431 e. The summed E-state index contributed by atoms with van der Waals surface area (Å²) in [6, 6.07) is 11.4. The van der Waals surface area contributed by atoms with Crippen LogP contribution in [0.2, 0.25) is 0 Å². The van der Waals surface area contributed by atoms with Gasteiger partial charge in [0.1, 0.15) is 31.6 Å². The van der Waals surface area contributed by atoms with Crippen molar-refractivity contribution in [1.29, 1.82) is 0 Å². The first-order valence-electron chi connectivity index (χ1n) is 14.4. The summed E-state index contributed by atoms with van der Waals surface area (Å²) in [7, 11) is 0. The number of allylic oxidation sites excluding steroid dienone is 2. The van der Waals surface area contributed by atoms with E-state index < -0.39 is 52.0 Å². The van der Waals surface area contributed by atoms with E-state index in [2.05, 4.69) is 10.6 Å². The molecule has 0 aliphatic carbocycles. The summed E-state index contributed by atoms with van der Waals surface area (Å²) < 4.78 is 64.2. The monoisotopic (exact) mass is 651 g/mol. The van der Waals surface area contributed by atoms with Crippen LogP contribution >= 0.6 is 0 Å². The zero-order valence-electron chi connectivity index (χ0n) is 25.7. The summed E-state index contributed by atoms with van der Waals surface area (Å²) in [6.07, 6.45) is -5.86. The third kappa shape index (κ3) is 9.44. The number of dihydropyridines is 1. The Morgan fingerprint density at radius 1 is 1.02 bits per heavy atom. The van der Waals surface area contributed by atoms with Gasteiger partial charge in [0.15, 0.2) is 11.5 Å². The van der Waals surface area contributed by atoms with Crippen molar-refractivity contribution >= 4 is 17.6 Å². The number of nitro groups is 1. The lowest BCUT2D eigenvalue weighted by atomic mass is 9.80. The molecular formula is C31H36F3N3O9. The number of ether oxygens (including phenoxy) is 4. The van der Waals surface area contributed by atoms with E-state index in [1.165, 1.54) is 26.0 Å². The number of carbonyl (C=O) groups is 2. The molecule has 2 atom stereocenters. The van der Waals surface area contributed by atoms with Gasteiger partial charge in [0.25, 0.3) is 5.69 Å². The molecule has 0 fully saturated rings. The summed E-state index contributed by atoms with van der Waals surface area (Å²) in [5.41, 5.74) is -3.63. The number of alkyl halides is 3. The smallest absolute Gasteiger partial charge is 0.431 e. The standard InChI is InChI=1S/C31H36F3N3O9/c1-5-43-30(40)27-26(20-9-8-10-21(15-20)37(41)42)25(19(4)36-28(27)31(32,33)34)29(39)45-14-13-44-23-11-6-7-12-24(23)46-17-22(38)16-35-18(2)3/h6-12,15,18,22,26,35-36,38H,5,13-14,16-17H2,1-4H3. The molecule has 2 unspecified atom stereocenters. The number of halogens is 3. The van der Waals surface area contributed by atoms with Crippen molar-refractivity contribution in [3.8, 4) is 11.5 Å². The van der Waals surface area contributed by atoms with Gasteiger partial charge in [0.2, 0.25) is 0 Å². The first-order valence-corrected chi connectivity index (χ1v) is 14.4. The molecule has 1 aliphatic rings. The Labute approximate surface area is 263 Å². The molecular weight excluding hydrogens is 615 g/mol. The van der Waals surface area contributed by atoms with E-state index in [0.717, 1.165) is 12.1 Å². The van der Waals surface area contributed by atoms with Gasteiger partial charge in [0.05, 0.1) is 28.6 Å². The first-order chi connectivity index (χ1) is 21.7. The Morgan fingerprint density at radius 2 is 1.67 bits per heavy atom. The highest BCUT2D eigenvalue weighted by Gasteiger charge is 2.47. The van der Waals surface area contributed by atoms with Crippen LogP contribution in [0, 0.1) is 10.1 Å². The van der Waals surface area contributed by atoms with Crippen LogP contribution in [0.4, 0.5) is 18.9 Å². The molecule has 0 bridgehead atoms. The average Bonchev–Trinajstić information content (AvgIpc) is 3.00. The number of hydrogen-bond acceptors (Lipinski definition) is 11. The van der Waals surface area contributed by atoms with Crippen molar-refractivity contribution in [2.75, 3.05) is 33.0 Å². The minimum atomic E-state index is -5.07. The van der Waals surface area contributed by atoms with Crippen molar-refractivity contribution in [1.82, 2.24) is 10.6 Å². The van der Waals surface area contributed by atoms with Gasteiger partial charge in [-0.2, -0.15) is 13.2 Å². The van der Waals surface area contributed by atoms with E-state index in [9.17, 15) is 38.0 Å². The molecule has 3 rings (SSSR count). The molecule has 0 saturated carbocycles. The summed E-state index contributed by atoms with van der Waals surface area (Å²) in [5, 5.41) is 26.8. The number of aliphatic hydroxyl groups is 1. The second-order valence-electron chi connectivity index (χ2n) is 10.4. The molecule has 1 aliphatic heterocycles. The Morgan fingerprint density at radius 3 is 2.28 bits per heavy atom. The molecule has 2 aromatic rings. The molecule has 15 heteroatoms. The number of para-hydroxylation sites is 2. The summed E-state index contributed by atoms with van der Waals surface area (Å²) in [6.45, 7) is 5.94. The maximum absolute atomic E-state index is 14.2. The fourth-order valence-electron chi connectivity index (χ4n) is 4.57. The first kappa shape index (κ1) is 35.8. The number of nitro benzene ring substituents is 1. The molecule has 250 valence electrons. The second kappa shape index (κ2) is 16.1. The molecule has 46 heavy (non-hydrogen) atoms. The number of aliphatic hydroxyl groups excluding tert-OH is 1. The molecule has 3 N–H and O–H groups in total. The molecule has 0 spiro atoms. The van der Waals surface area contributed by atoms with Crippen LogP contribution < -0.4 is 20.1 Å². The molecule has 0 saturated heterocycles. The van der Waals surface area contributed by atoms with E-state index in [1.54, 1.807) is 24.3 Å². The Balaban J connectivity index is 1.83. The Kier molecular flexibility index (Phi) is 12.5. The number of nitrogens with one attached hydrogen (secondary N) is 2. The largest absolute Gasteiger partial charge is 0.487 e. The third-order valence-electron chi connectivity index (χ3n) is 6.59. The predicted molar refractivity (Wildman–Crippen MR) is 159 cm³/mol. The van der Waals surface area contributed by atoms with Crippen LogP contribution in [0.5, 0.6) is 11.5 Å². The second-order valence-corrected chi connectivity index (χ2v) is 10.4. The van der Waals surface area contributed by atoms with Gasteiger partial charge >= 0.3 is 18.1 Å². The fraction of sp³-hybridized carbons (Fsp3) is 0.419. The van der Waals surface area contributed by atoms with E-state index in [0.29, 0.717) is 12.3 Å². The third-order valence-corrected chi connectivity index (χ3v) is 6.59. The SMILES string of the molecule is CCOC(=O)C1=C(C(F)(F)F)NC(C)=C(C(=O)OCCOc2ccccc2OCC(O)CNC(C)C)C1c1cccc([N+](=O)[O-])c1. The van der Waals surface area contributed by atoms with Crippen molar-refractivity contribution in [2.45, 2.75) is 51.9 Å². The molecule has 0 radical (unpaired) electrons. The van der Waals surface area contributed by atoms with Gasteiger partial charge in [-0.05, 0) is 31.5 Å². The number of nitrogens with zero attached hydrogens (tertiary/aromatic N) is 1. The number of non-ortho nitro benzene ring substituents is 1. The van der Waals surface area contributed by atoms with Gasteiger partial charge in [-0.1, -0.05) is 38.1 Å². The van der Waals surface area contributed by atoms with Crippen LogP contribution in [-0.2, 0) is 19.1 Å². The van der Waals surface area contributed by atoms with Crippen LogP contribution in [-0.4, -0.2) is 73.3 Å². The number of rotatable bonds is 15. The van der Waals surface area contributed by atoms with Crippen LogP contribution in [0.25, 0.3) is 0 Å². The lowest BCUT2D eigenvalue weighted by molar-refractivity contribution is -0.384. The normalized spacial score (nSPS) is 15.7. The van der Waals surface area contributed by atoms with Crippen molar-refractivity contribution in [3.63, 3.8) is 0 Å². The topological polar surface area (TPSA) is 158 Å². The molecule has 0 aromatic heterocycles. The molecule has 2 aromatic carbocycles. The predicted octanol–water partition coefficient (Wildman–Crippen LogP) is 4.30. The zero-order valence-corrected chi connectivity index (χ0v) is 25.7. The van der Waals surface area contributed by atoms with E-state index in [4.69, 9.17) is 18.9 Å². The van der Waals surface area contributed by atoms with Gasteiger partial charge in [0, 0.05) is 30.4 Å². The Bertz CT molecular complexity index is 1470. The van der Waals surface area contributed by atoms with Crippen LogP contribution in [0.1, 0.15) is 39.2 Å². The highest BCUT2D eigenvalue weighted by molar-refractivity contribution is 6.00. The van der Waals surface area contributed by atoms with E-state index in [1.807, 2.05) is 13.8 Å². The van der Waals surface area contributed by atoms with Gasteiger partial charge < -0.3 is 34.7 Å². The van der Waals surface area contributed by atoms with E-state index >= 15 is 0 Å². The lowest BCUT2D eigenvalue weighted by Gasteiger charge is -2.32. The molecule has 1 heterocycles. The Hall–Kier alpha value is -4.63. The summed E-state index contributed by atoms with van der Waals surface area (Å²) in [5.74, 6) is -3.55. The van der Waals surface area contributed by atoms with Crippen molar-refractivity contribution in [2.24, 2.45) is 0 Å². The summed E-state index contributed by atoms with van der Waals surface area (Å²) >= 11 is 0. The zero-order chi connectivity index (χ0) is 34.0. The van der Waals surface area contributed by atoms with Crippen LogP contribution in [0.3, 0.4) is 0 Å². The molecule has 12 nitrogen and oxygen atoms in total. The van der Waals surface area contributed by atoms with Crippen molar-refractivity contribution < 1.29 is 51.7 Å². The van der Waals surface area contributed by atoms with Gasteiger partial charge in [-0.15, -0.1) is 0 Å². The minimum absolute atomic E-state index is 0.0230. The number of carbonyl (C=O) groups excluding carboxylic acids is 2. The average molecular weight is 652 g/mol. The molecule has 0 amide bonds. The van der Waals surface area contributed by atoms with Gasteiger partial charge in [-0.3, -0.25) is 10.1 Å². The van der Waals surface area contributed by atoms with Crippen LogP contribution in [0.15, 0.2) is 71.1 Å². The highest BCUT2D eigenvalue weighted by atomic mass is 19.4. The maximum atomic E-state index is 14.2.